The first kappa shape index (κ1) is 14.3. The number of nitrogens with zero attached hydrogens (tertiary/aromatic N) is 1. The molecular weight excluding hydrogens is 256 g/mol. The standard InChI is InChI=1S/C15H26N2O3/c1-12(14(18)16-13-4-2-3-5-13)17-8-6-15(7-9-17)19-10-11-20-15/h12-13H,2-11H2,1H3,(H,16,18)/t12-/m0/s1. The van der Waals surface area contributed by atoms with Crippen molar-refractivity contribution >= 4 is 5.91 Å². The third kappa shape index (κ3) is 3.00. The maximum absolute atomic E-state index is 12.3. The van der Waals surface area contributed by atoms with Crippen molar-refractivity contribution in [3.05, 3.63) is 0 Å². The van der Waals surface area contributed by atoms with Crippen molar-refractivity contribution in [1.82, 2.24) is 10.2 Å². The Balaban J connectivity index is 1.47. The monoisotopic (exact) mass is 282 g/mol. The smallest absolute Gasteiger partial charge is 0.237 e. The Kier molecular flexibility index (Phi) is 4.29. The number of piperidine rings is 1. The van der Waals surface area contributed by atoms with Crippen LogP contribution in [0.1, 0.15) is 45.4 Å². The van der Waals surface area contributed by atoms with Gasteiger partial charge in [-0.1, -0.05) is 12.8 Å². The van der Waals surface area contributed by atoms with E-state index in [1.54, 1.807) is 0 Å². The molecule has 2 heterocycles. The number of rotatable bonds is 3. The molecule has 3 fully saturated rings. The van der Waals surface area contributed by atoms with E-state index in [2.05, 4.69) is 10.2 Å². The fraction of sp³-hybridized carbons (Fsp3) is 0.933. The van der Waals surface area contributed by atoms with Gasteiger partial charge in [-0.2, -0.15) is 0 Å². The molecule has 1 amide bonds. The maximum atomic E-state index is 12.3. The molecule has 5 nitrogen and oxygen atoms in total. The molecule has 0 aromatic heterocycles. The second kappa shape index (κ2) is 6.00. The number of nitrogens with one attached hydrogen (secondary N) is 1. The number of amides is 1. The van der Waals surface area contributed by atoms with E-state index in [4.69, 9.17) is 9.47 Å². The van der Waals surface area contributed by atoms with Gasteiger partial charge in [-0.25, -0.2) is 0 Å². The Morgan fingerprint density at radius 1 is 1.20 bits per heavy atom. The average molecular weight is 282 g/mol. The normalized spacial score (nSPS) is 28.9. The number of likely N-dealkylation sites (tertiary alicyclic amines) is 1. The summed E-state index contributed by atoms with van der Waals surface area (Å²) < 4.78 is 11.5. The molecule has 1 saturated carbocycles. The molecule has 0 aromatic carbocycles. The summed E-state index contributed by atoms with van der Waals surface area (Å²) in [6.45, 7) is 5.17. The number of carbonyl (C=O) groups is 1. The van der Waals surface area contributed by atoms with Crippen LogP contribution in [-0.4, -0.2) is 55.0 Å². The summed E-state index contributed by atoms with van der Waals surface area (Å²) in [4.78, 5) is 14.5. The molecule has 2 saturated heterocycles. The zero-order chi connectivity index (χ0) is 14.0. The molecule has 1 spiro atoms. The third-order valence-corrected chi connectivity index (χ3v) is 5.00. The first-order chi connectivity index (χ1) is 9.69. The van der Waals surface area contributed by atoms with E-state index in [0.717, 1.165) is 38.8 Å². The highest BCUT2D eigenvalue weighted by Crippen LogP contribution is 2.31. The first-order valence-corrected chi connectivity index (χ1v) is 8.01. The van der Waals surface area contributed by atoms with Gasteiger partial charge >= 0.3 is 0 Å². The fourth-order valence-electron chi connectivity index (χ4n) is 3.60. The van der Waals surface area contributed by atoms with Crippen LogP contribution in [0.3, 0.4) is 0 Å². The minimum Gasteiger partial charge on any atom is -0.352 e. The van der Waals surface area contributed by atoms with Gasteiger partial charge in [0, 0.05) is 32.0 Å². The molecule has 0 radical (unpaired) electrons. The predicted octanol–water partition coefficient (Wildman–Crippen LogP) is 1.27. The lowest BCUT2D eigenvalue weighted by Gasteiger charge is -2.39. The molecule has 2 aliphatic heterocycles. The van der Waals surface area contributed by atoms with Crippen molar-refractivity contribution in [2.24, 2.45) is 0 Å². The summed E-state index contributed by atoms with van der Waals surface area (Å²) in [7, 11) is 0. The molecule has 0 bridgehead atoms. The van der Waals surface area contributed by atoms with E-state index in [0.29, 0.717) is 19.3 Å². The van der Waals surface area contributed by atoms with Crippen LogP contribution in [0, 0.1) is 0 Å². The zero-order valence-electron chi connectivity index (χ0n) is 12.4. The van der Waals surface area contributed by atoms with Gasteiger partial charge in [0.25, 0.3) is 0 Å². The fourth-order valence-corrected chi connectivity index (χ4v) is 3.60. The Morgan fingerprint density at radius 3 is 2.40 bits per heavy atom. The minimum atomic E-state index is -0.349. The van der Waals surface area contributed by atoms with Gasteiger partial charge in [0.2, 0.25) is 5.91 Å². The summed E-state index contributed by atoms with van der Waals surface area (Å²) in [6.07, 6.45) is 6.52. The molecule has 1 N–H and O–H groups in total. The summed E-state index contributed by atoms with van der Waals surface area (Å²) in [5.41, 5.74) is 0. The van der Waals surface area contributed by atoms with Crippen molar-refractivity contribution in [3.63, 3.8) is 0 Å². The highest BCUT2D eigenvalue weighted by Gasteiger charge is 2.41. The van der Waals surface area contributed by atoms with E-state index in [1.807, 2.05) is 6.92 Å². The summed E-state index contributed by atoms with van der Waals surface area (Å²) in [5, 5.41) is 3.19. The number of hydrogen-bond donors (Lipinski definition) is 1. The SMILES string of the molecule is C[C@@H](C(=O)NC1CCCC1)N1CCC2(CC1)OCCO2. The number of ether oxygens (including phenoxy) is 2. The lowest BCUT2D eigenvalue weighted by molar-refractivity contribution is -0.188. The molecule has 3 rings (SSSR count). The van der Waals surface area contributed by atoms with Crippen LogP contribution in [0.5, 0.6) is 0 Å². The predicted molar refractivity (Wildman–Crippen MR) is 75.3 cm³/mol. The van der Waals surface area contributed by atoms with Crippen LogP contribution in [0.2, 0.25) is 0 Å². The van der Waals surface area contributed by atoms with E-state index >= 15 is 0 Å². The van der Waals surface area contributed by atoms with Gasteiger partial charge in [0.15, 0.2) is 5.79 Å². The molecule has 1 aliphatic carbocycles. The second-order valence-electron chi connectivity index (χ2n) is 6.31. The highest BCUT2D eigenvalue weighted by atomic mass is 16.7. The third-order valence-electron chi connectivity index (χ3n) is 5.00. The van der Waals surface area contributed by atoms with E-state index < -0.39 is 0 Å². The molecular formula is C15H26N2O3. The molecule has 0 aromatic rings. The van der Waals surface area contributed by atoms with Gasteiger partial charge in [-0.05, 0) is 19.8 Å². The van der Waals surface area contributed by atoms with Gasteiger partial charge in [-0.15, -0.1) is 0 Å². The van der Waals surface area contributed by atoms with Gasteiger partial charge in [0.05, 0.1) is 19.3 Å². The highest BCUT2D eigenvalue weighted by molar-refractivity contribution is 5.81. The second-order valence-corrected chi connectivity index (χ2v) is 6.31. The first-order valence-electron chi connectivity index (χ1n) is 8.01. The van der Waals surface area contributed by atoms with Gasteiger partial charge in [0.1, 0.15) is 0 Å². The Labute approximate surface area is 121 Å². The molecule has 114 valence electrons. The quantitative estimate of drug-likeness (QED) is 0.847. The lowest BCUT2D eigenvalue weighted by Crippen LogP contribution is -2.53. The van der Waals surface area contributed by atoms with Crippen LogP contribution in [-0.2, 0) is 14.3 Å². The van der Waals surface area contributed by atoms with Crippen molar-refractivity contribution in [2.45, 2.75) is 63.3 Å². The number of hydrogen-bond acceptors (Lipinski definition) is 4. The van der Waals surface area contributed by atoms with Crippen LogP contribution >= 0.6 is 0 Å². The summed E-state index contributed by atoms with van der Waals surface area (Å²) >= 11 is 0. The van der Waals surface area contributed by atoms with Crippen molar-refractivity contribution < 1.29 is 14.3 Å². The van der Waals surface area contributed by atoms with Crippen molar-refractivity contribution in [1.29, 1.82) is 0 Å². The summed E-state index contributed by atoms with van der Waals surface area (Å²) in [5.74, 6) is -0.167. The average Bonchev–Trinajstić information content (AvgIpc) is 3.11. The zero-order valence-corrected chi connectivity index (χ0v) is 12.4. The van der Waals surface area contributed by atoms with Crippen molar-refractivity contribution in [3.8, 4) is 0 Å². The van der Waals surface area contributed by atoms with Crippen LogP contribution < -0.4 is 5.32 Å². The molecule has 1 atom stereocenters. The maximum Gasteiger partial charge on any atom is 0.237 e. The Morgan fingerprint density at radius 2 is 1.80 bits per heavy atom. The molecule has 20 heavy (non-hydrogen) atoms. The van der Waals surface area contributed by atoms with Crippen LogP contribution in [0.25, 0.3) is 0 Å². The summed E-state index contributed by atoms with van der Waals surface area (Å²) in [6, 6.07) is 0.358. The molecule has 0 unspecified atom stereocenters. The molecule has 5 heteroatoms. The van der Waals surface area contributed by atoms with E-state index in [9.17, 15) is 4.79 Å². The molecule has 3 aliphatic rings. The minimum absolute atomic E-state index is 0.0469. The number of carbonyl (C=O) groups excluding carboxylic acids is 1. The Bertz CT molecular complexity index is 339. The van der Waals surface area contributed by atoms with E-state index in [1.165, 1.54) is 12.8 Å². The largest absolute Gasteiger partial charge is 0.352 e. The Hall–Kier alpha value is -0.650. The van der Waals surface area contributed by atoms with E-state index in [-0.39, 0.29) is 17.7 Å². The topological polar surface area (TPSA) is 50.8 Å². The van der Waals surface area contributed by atoms with Crippen LogP contribution in [0.4, 0.5) is 0 Å². The van der Waals surface area contributed by atoms with Crippen LogP contribution in [0.15, 0.2) is 0 Å². The van der Waals surface area contributed by atoms with Gasteiger partial charge < -0.3 is 14.8 Å². The van der Waals surface area contributed by atoms with Gasteiger partial charge in [-0.3, -0.25) is 9.69 Å². The van der Waals surface area contributed by atoms with Crippen molar-refractivity contribution in [2.75, 3.05) is 26.3 Å². The lowest BCUT2D eigenvalue weighted by atomic mass is 10.0.